The van der Waals surface area contributed by atoms with E-state index >= 15 is 0 Å². The number of hydrogen-bond donors (Lipinski definition) is 1. The van der Waals surface area contributed by atoms with E-state index in [0.717, 1.165) is 51.6 Å². The lowest BCUT2D eigenvalue weighted by molar-refractivity contribution is 0.156. The summed E-state index contributed by atoms with van der Waals surface area (Å²) in [6.45, 7) is 6.74. The van der Waals surface area contributed by atoms with Crippen molar-refractivity contribution < 1.29 is 9.13 Å². The van der Waals surface area contributed by atoms with Crippen LogP contribution in [0.3, 0.4) is 0 Å². The summed E-state index contributed by atoms with van der Waals surface area (Å²) in [6, 6.07) is 3.02. The molecule has 2 fully saturated rings. The van der Waals surface area contributed by atoms with Crippen LogP contribution in [0, 0.1) is 11.2 Å². The van der Waals surface area contributed by atoms with E-state index in [9.17, 15) is 4.39 Å². The van der Waals surface area contributed by atoms with Gasteiger partial charge >= 0.3 is 0 Å². The maximum atomic E-state index is 13.7. The van der Waals surface area contributed by atoms with Crippen molar-refractivity contribution in [2.24, 2.45) is 10.4 Å². The molecule has 0 amide bonds. The van der Waals surface area contributed by atoms with Crippen LogP contribution in [0.15, 0.2) is 23.3 Å². The van der Waals surface area contributed by atoms with Gasteiger partial charge in [-0.15, -0.1) is 0 Å². The molecule has 2 aliphatic rings. The van der Waals surface area contributed by atoms with Gasteiger partial charge in [0.2, 0.25) is 0 Å². The summed E-state index contributed by atoms with van der Waals surface area (Å²) >= 11 is 0. The molecule has 1 spiro atoms. The minimum absolute atomic E-state index is 0.259. The molecule has 1 N–H and O–H groups in total. The quantitative estimate of drug-likeness (QED) is 0.683. The SMILES string of the molecule is CCNC(=NCc1ncccc1F)N1CCC2(CCOC2)C1. The molecule has 0 radical (unpaired) electrons. The Hall–Kier alpha value is -1.69. The minimum atomic E-state index is -0.302. The van der Waals surface area contributed by atoms with Crippen LogP contribution < -0.4 is 5.32 Å². The largest absolute Gasteiger partial charge is 0.381 e. The third-order valence-electron chi connectivity index (χ3n) is 4.47. The van der Waals surface area contributed by atoms with Gasteiger partial charge in [0.05, 0.1) is 18.8 Å². The van der Waals surface area contributed by atoms with Crippen LogP contribution in [0.4, 0.5) is 4.39 Å². The number of guanidine groups is 1. The Kier molecular flexibility index (Phi) is 4.57. The lowest BCUT2D eigenvalue weighted by Crippen LogP contribution is -2.41. The van der Waals surface area contributed by atoms with Crippen molar-refractivity contribution in [1.82, 2.24) is 15.2 Å². The molecule has 22 heavy (non-hydrogen) atoms. The van der Waals surface area contributed by atoms with E-state index in [0.29, 0.717) is 5.69 Å². The van der Waals surface area contributed by atoms with Gasteiger partial charge in [-0.25, -0.2) is 9.38 Å². The average molecular weight is 306 g/mol. The lowest BCUT2D eigenvalue weighted by atomic mass is 9.87. The summed E-state index contributed by atoms with van der Waals surface area (Å²) in [5.41, 5.74) is 0.669. The number of halogens is 1. The van der Waals surface area contributed by atoms with Gasteiger partial charge in [0, 0.05) is 37.9 Å². The van der Waals surface area contributed by atoms with E-state index in [1.165, 1.54) is 6.07 Å². The van der Waals surface area contributed by atoms with Crippen LogP contribution >= 0.6 is 0 Å². The molecule has 0 aliphatic carbocycles. The molecule has 2 aliphatic heterocycles. The molecular formula is C16H23FN4O. The van der Waals surface area contributed by atoms with Gasteiger partial charge in [0.15, 0.2) is 5.96 Å². The summed E-state index contributed by atoms with van der Waals surface area (Å²) in [5, 5.41) is 3.31. The van der Waals surface area contributed by atoms with E-state index in [-0.39, 0.29) is 17.8 Å². The number of nitrogens with one attached hydrogen (secondary N) is 1. The summed E-state index contributed by atoms with van der Waals surface area (Å²) in [6.07, 6.45) is 3.86. The smallest absolute Gasteiger partial charge is 0.194 e. The van der Waals surface area contributed by atoms with Crippen LogP contribution in [0.5, 0.6) is 0 Å². The van der Waals surface area contributed by atoms with E-state index < -0.39 is 0 Å². The van der Waals surface area contributed by atoms with Gasteiger partial charge in [-0.3, -0.25) is 4.98 Å². The molecule has 3 heterocycles. The highest BCUT2D eigenvalue weighted by atomic mass is 19.1. The predicted octanol–water partition coefficient (Wildman–Crippen LogP) is 1.80. The van der Waals surface area contributed by atoms with Crippen molar-refractivity contribution in [1.29, 1.82) is 0 Å². The molecule has 0 aromatic carbocycles. The van der Waals surface area contributed by atoms with Crippen LogP contribution in [-0.2, 0) is 11.3 Å². The molecule has 1 aromatic heterocycles. The first-order chi connectivity index (χ1) is 10.7. The van der Waals surface area contributed by atoms with E-state index in [2.05, 4.69) is 20.2 Å². The summed E-state index contributed by atoms with van der Waals surface area (Å²) in [5.74, 6) is 0.542. The van der Waals surface area contributed by atoms with Crippen molar-refractivity contribution in [3.8, 4) is 0 Å². The molecule has 6 heteroatoms. The summed E-state index contributed by atoms with van der Waals surface area (Å²) in [7, 11) is 0. The molecular weight excluding hydrogens is 283 g/mol. The van der Waals surface area contributed by atoms with Gasteiger partial charge in [-0.2, -0.15) is 0 Å². The maximum absolute atomic E-state index is 13.7. The van der Waals surface area contributed by atoms with Gasteiger partial charge in [-0.05, 0) is 31.9 Å². The molecule has 120 valence electrons. The van der Waals surface area contributed by atoms with Crippen molar-refractivity contribution in [3.63, 3.8) is 0 Å². The number of hydrogen-bond acceptors (Lipinski definition) is 3. The van der Waals surface area contributed by atoms with Crippen molar-refractivity contribution >= 4 is 5.96 Å². The first-order valence-corrected chi connectivity index (χ1v) is 7.93. The highest BCUT2D eigenvalue weighted by Crippen LogP contribution is 2.38. The average Bonchev–Trinajstić information content (AvgIpc) is 3.16. The van der Waals surface area contributed by atoms with E-state index in [1.807, 2.05) is 6.92 Å². The molecule has 1 aromatic rings. The topological polar surface area (TPSA) is 49.8 Å². The van der Waals surface area contributed by atoms with Gasteiger partial charge in [-0.1, -0.05) is 0 Å². The Morgan fingerprint density at radius 2 is 2.45 bits per heavy atom. The zero-order chi connectivity index (χ0) is 15.4. The van der Waals surface area contributed by atoms with E-state index in [1.54, 1.807) is 12.3 Å². The van der Waals surface area contributed by atoms with Crippen LogP contribution in [-0.4, -0.2) is 48.7 Å². The number of rotatable bonds is 3. The Morgan fingerprint density at radius 3 is 3.18 bits per heavy atom. The molecule has 3 rings (SSSR count). The third kappa shape index (κ3) is 3.21. The number of aromatic nitrogens is 1. The molecule has 0 bridgehead atoms. The summed E-state index contributed by atoms with van der Waals surface area (Å²) in [4.78, 5) is 10.9. The number of pyridine rings is 1. The monoisotopic (exact) mass is 306 g/mol. The Morgan fingerprint density at radius 1 is 1.55 bits per heavy atom. The minimum Gasteiger partial charge on any atom is -0.381 e. The molecule has 1 atom stereocenters. The normalized spacial score (nSPS) is 25.2. The molecule has 2 saturated heterocycles. The Balaban J connectivity index is 1.70. The second-order valence-electron chi connectivity index (χ2n) is 6.08. The Labute approximate surface area is 130 Å². The Bertz CT molecular complexity index is 543. The van der Waals surface area contributed by atoms with Crippen molar-refractivity contribution in [2.75, 3.05) is 32.8 Å². The van der Waals surface area contributed by atoms with Crippen molar-refractivity contribution in [2.45, 2.75) is 26.3 Å². The predicted molar refractivity (Wildman–Crippen MR) is 83.1 cm³/mol. The second kappa shape index (κ2) is 6.60. The van der Waals surface area contributed by atoms with Crippen LogP contribution in [0.1, 0.15) is 25.5 Å². The fourth-order valence-corrected chi connectivity index (χ4v) is 3.20. The zero-order valence-corrected chi connectivity index (χ0v) is 13.0. The van der Waals surface area contributed by atoms with Gasteiger partial charge < -0.3 is 15.0 Å². The highest BCUT2D eigenvalue weighted by Gasteiger charge is 2.42. The van der Waals surface area contributed by atoms with Crippen LogP contribution in [0.25, 0.3) is 0 Å². The summed E-state index contributed by atoms with van der Waals surface area (Å²) < 4.78 is 19.2. The number of ether oxygens (including phenoxy) is 1. The fourth-order valence-electron chi connectivity index (χ4n) is 3.20. The second-order valence-corrected chi connectivity index (χ2v) is 6.08. The number of nitrogens with zero attached hydrogens (tertiary/aromatic N) is 3. The first kappa shape index (κ1) is 15.2. The van der Waals surface area contributed by atoms with E-state index in [4.69, 9.17) is 4.74 Å². The van der Waals surface area contributed by atoms with Crippen LogP contribution in [0.2, 0.25) is 0 Å². The third-order valence-corrected chi connectivity index (χ3v) is 4.47. The number of likely N-dealkylation sites (tertiary alicyclic amines) is 1. The fraction of sp³-hybridized carbons (Fsp3) is 0.625. The lowest BCUT2D eigenvalue weighted by Gasteiger charge is -2.24. The van der Waals surface area contributed by atoms with Gasteiger partial charge in [0.25, 0.3) is 0 Å². The molecule has 0 saturated carbocycles. The highest BCUT2D eigenvalue weighted by molar-refractivity contribution is 5.80. The number of aliphatic imine (C=N–C) groups is 1. The van der Waals surface area contributed by atoms with Crippen molar-refractivity contribution in [3.05, 3.63) is 29.8 Å². The molecule has 1 unspecified atom stereocenters. The standard InChI is InChI=1S/C16H23FN4O/c1-2-18-15(20-10-14-13(17)4-3-7-19-14)21-8-5-16(11-21)6-9-22-12-16/h3-4,7H,2,5-6,8-12H2,1H3,(H,18,20). The van der Waals surface area contributed by atoms with Gasteiger partial charge in [0.1, 0.15) is 5.82 Å². The zero-order valence-electron chi connectivity index (χ0n) is 13.0. The molecule has 5 nitrogen and oxygen atoms in total. The maximum Gasteiger partial charge on any atom is 0.194 e. The first-order valence-electron chi connectivity index (χ1n) is 7.93.